The van der Waals surface area contributed by atoms with Crippen LogP contribution in [0, 0.1) is 3.70 Å². The fourth-order valence-corrected chi connectivity index (χ4v) is 2.01. The molecule has 0 unspecified atom stereocenters. The van der Waals surface area contributed by atoms with E-state index in [9.17, 15) is 0 Å². The molecule has 1 heterocycles. The molecule has 0 aliphatic heterocycles. The van der Waals surface area contributed by atoms with Crippen molar-refractivity contribution >= 4 is 22.6 Å². The first-order valence-corrected chi connectivity index (χ1v) is 4.83. The monoisotopic (exact) mass is 280 g/mol. The van der Waals surface area contributed by atoms with Crippen molar-refractivity contribution in [2.75, 3.05) is 7.11 Å². The summed E-state index contributed by atoms with van der Waals surface area (Å²) < 4.78 is 8.08. The van der Waals surface area contributed by atoms with E-state index in [1.54, 1.807) is 7.11 Å². The minimum absolute atomic E-state index is 0.0211. The van der Waals surface area contributed by atoms with E-state index in [-0.39, 0.29) is 5.54 Å². The molecule has 0 N–H and O–H groups in total. The topological polar surface area (TPSA) is 27.1 Å². The second-order valence-corrected chi connectivity index (χ2v) is 4.70. The lowest BCUT2D eigenvalue weighted by Crippen LogP contribution is -2.24. The van der Waals surface area contributed by atoms with Gasteiger partial charge in [0.05, 0.1) is 12.6 Å². The highest BCUT2D eigenvalue weighted by Gasteiger charge is 2.18. The summed E-state index contributed by atoms with van der Waals surface area (Å²) in [7, 11) is 1.63. The van der Waals surface area contributed by atoms with E-state index in [1.807, 2.05) is 10.7 Å². The lowest BCUT2D eigenvalue weighted by atomic mass is 10.1. The summed E-state index contributed by atoms with van der Waals surface area (Å²) in [6, 6.07) is 1.92. The van der Waals surface area contributed by atoms with Gasteiger partial charge in [-0.2, -0.15) is 0 Å². The molecule has 0 aliphatic rings. The molecule has 4 heteroatoms. The van der Waals surface area contributed by atoms with E-state index in [0.29, 0.717) is 5.88 Å². The highest BCUT2D eigenvalue weighted by molar-refractivity contribution is 14.1. The zero-order chi connectivity index (χ0) is 9.35. The first kappa shape index (κ1) is 9.83. The normalized spacial score (nSPS) is 11.8. The van der Waals surface area contributed by atoms with Crippen LogP contribution < -0.4 is 4.74 Å². The molecule has 0 atom stereocenters. The number of hydrogen-bond donors (Lipinski definition) is 0. The van der Waals surface area contributed by atoms with Crippen molar-refractivity contribution in [2.45, 2.75) is 26.3 Å². The fraction of sp³-hybridized carbons (Fsp3) is 0.625. The quantitative estimate of drug-likeness (QED) is 0.738. The molecule has 0 aliphatic carbocycles. The molecule has 0 radical (unpaired) electrons. The Morgan fingerprint density at radius 1 is 1.50 bits per heavy atom. The van der Waals surface area contributed by atoms with Gasteiger partial charge in [0.1, 0.15) is 3.70 Å². The van der Waals surface area contributed by atoms with Gasteiger partial charge in [-0.1, -0.05) is 0 Å². The summed E-state index contributed by atoms with van der Waals surface area (Å²) in [5, 5.41) is 4.29. The molecule has 0 saturated heterocycles. The van der Waals surface area contributed by atoms with E-state index in [1.165, 1.54) is 0 Å². The molecule has 0 saturated carbocycles. The maximum absolute atomic E-state index is 5.03. The lowest BCUT2D eigenvalue weighted by Gasteiger charge is -2.19. The van der Waals surface area contributed by atoms with Crippen LogP contribution in [0.5, 0.6) is 5.88 Å². The Kier molecular flexibility index (Phi) is 2.65. The van der Waals surface area contributed by atoms with Crippen molar-refractivity contribution in [3.8, 4) is 5.88 Å². The van der Waals surface area contributed by atoms with Crippen LogP contribution in [0.3, 0.4) is 0 Å². The standard InChI is InChI=1S/C8H13IN2O/c1-8(2,3)11-6(9)5-7(10-11)12-4/h5H,1-4H3. The van der Waals surface area contributed by atoms with Gasteiger partial charge in [0, 0.05) is 6.07 Å². The molecular weight excluding hydrogens is 267 g/mol. The molecule has 12 heavy (non-hydrogen) atoms. The van der Waals surface area contributed by atoms with Crippen LogP contribution in [-0.2, 0) is 5.54 Å². The van der Waals surface area contributed by atoms with Crippen LogP contribution in [0.1, 0.15) is 20.8 Å². The molecule has 0 spiro atoms. The van der Waals surface area contributed by atoms with Crippen molar-refractivity contribution in [1.82, 2.24) is 9.78 Å². The van der Waals surface area contributed by atoms with Gasteiger partial charge in [-0.25, -0.2) is 0 Å². The van der Waals surface area contributed by atoms with Gasteiger partial charge >= 0.3 is 0 Å². The van der Waals surface area contributed by atoms with Gasteiger partial charge in [0.15, 0.2) is 0 Å². The number of halogens is 1. The largest absolute Gasteiger partial charge is 0.480 e. The second kappa shape index (κ2) is 3.24. The molecule has 0 aromatic carbocycles. The third-order valence-corrected chi connectivity index (χ3v) is 2.26. The maximum atomic E-state index is 5.03. The maximum Gasteiger partial charge on any atom is 0.233 e. The molecule has 1 rings (SSSR count). The highest BCUT2D eigenvalue weighted by atomic mass is 127. The summed E-state index contributed by atoms with van der Waals surface area (Å²) in [5.41, 5.74) is 0.0211. The number of rotatable bonds is 1. The van der Waals surface area contributed by atoms with Crippen molar-refractivity contribution in [3.05, 3.63) is 9.77 Å². The predicted octanol–water partition coefficient (Wildman–Crippen LogP) is 2.25. The van der Waals surface area contributed by atoms with Crippen LogP contribution >= 0.6 is 22.6 Å². The Bertz CT molecular complexity index is 275. The zero-order valence-electron chi connectivity index (χ0n) is 7.76. The number of hydrogen-bond acceptors (Lipinski definition) is 2. The minimum atomic E-state index is 0.0211. The van der Waals surface area contributed by atoms with E-state index in [4.69, 9.17) is 4.74 Å². The van der Waals surface area contributed by atoms with Gasteiger partial charge < -0.3 is 4.74 Å². The summed E-state index contributed by atoms with van der Waals surface area (Å²) in [4.78, 5) is 0. The van der Waals surface area contributed by atoms with Crippen molar-refractivity contribution in [1.29, 1.82) is 0 Å². The van der Waals surface area contributed by atoms with E-state index < -0.39 is 0 Å². The van der Waals surface area contributed by atoms with Crippen molar-refractivity contribution < 1.29 is 4.74 Å². The number of aromatic nitrogens is 2. The average molecular weight is 280 g/mol. The Labute approximate surface area is 86.2 Å². The van der Waals surface area contributed by atoms with Gasteiger partial charge in [-0.05, 0) is 43.4 Å². The number of ether oxygens (including phenoxy) is 1. The molecule has 0 bridgehead atoms. The summed E-state index contributed by atoms with van der Waals surface area (Å²) in [5.74, 6) is 0.675. The molecular formula is C8H13IN2O. The SMILES string of the molecule is COc1cc(I)n(C(C)(C)C)n1. The van der Waals surface area contributed by atoms with E-state index in [0.717, 1.165) is 3.70 Å². The Morgan fingerprint density at radius 3 is 2.33 bits per heavy atom. The third kappa shape index (κ3) is 1.91. The van der Waals surface area contributed by atoms with E-state index >= 15 is 0 Å². The Balaban J connectivity index is 3.08. The first-order valence-electron chi connectivity index (χ1n) is 3.75. The highest BCUT2D eigenvalue weighted by Crippen LogP contribution is 2.21. The first-order chi connectivity index (χ1) is 5.45. The van der Waals surface area contributed by atoms with Gasteiger partial charge in [0.25, 0.3) is 0 Å². The summed E-state index contributed by atoms with van der Waals surface area (Å²) in [6.07, 6.45) is 0. The number of methoxy groups -OCH3 is 1. The average Bonchev–Trinajstić information content (AvgIpc) is 2.29. The molecule has 1 aromatic rings. The summed E-state index contributed by atoms with van der Waals surface area (Å²) in [6.45, 7) is 6.34. The van der Waals surface area contributed by atoms with E-state index in [2.05, 4.69) is 48.5 Å². The molecule has 68 valence electrons. The molecule has 1 aromatic heterocycles. The van der Waals surface area contributed by atoms with Gasteiger partial charge in [-0.15, -0.1) is 5.10 Å². The lowest BCUT2D eigenvalue weighted by molar-refractivity contribution is 0.324. The van der Waals surface area contributed by atoms with Crippen molar-refractivity contribution in [3.63, 3.8) is 0 Å². The van der Waals surface area contributed by atoms with Crippen LogP contribution in [-0.4, -0.2) is 16.9 Å². The second-order valence-electron chi connectivity index (χ2n) is 3.59. The Hall–Kier alpha value is -0.260. The van der Waals surface area contributed by atoms with Crippen LogP contribution in [0.15, 0.2) is 6.07 Å². The molecule has 0 amide bonds. The van der Waals surface area contributed by atoms with Crippen LogP contribution in [0.2, 0.25) is 0 Å². The third-order valence-electron chi connectivity index (χ3n) is 1.49. The smallest absolute Gasteiger partial charge is 0.233 e. The predicted molar refractivity (Wildman–Crippen MR) is 56.5 cm³/mol. The molecule has 3 nitrogen and oxygen atoms in total. The van der Waals surface area contributed by atoms with Crippen LogP contribution in [0.25, 0.3) is 0 Å². The van der Waals surface area contributed by atoms with Crippen LogP contribution in [0.4, 0.5) is 0 Å². The molecule has 0 fully saturated rings. The van der Waals surface area contributed by atoms with Gasteiger partial charge in [0.2, 0.25) is 5.88 Å². The fourth-order valence-electron chi connectivity index (χ4n) is 0.908. The Morgan fingerprint density at radius 2 is 2.08 bits per heavy atom. The van der Waals surface area contributed by atoms with Gasteiger partial charge in [-0.3, -0.25) is 4.68 Å². The van der Waals surface area contributed by atoms with Crippen molar-refractivity contribution in [2.24, 2.45) is 0 Å². The zero-order valence-corrected chi connectivity index (χ0v) is 9.92. The number of nitrogens with zero attached hydrogens (tertiary/aromatic N) is 2. The summed E-state index contributed by atoms with van der Waals surface area (Å²) >= 11 is 2.25. The minimum Gasteiger partial charge on any atom is -0.480 e.